The number of aromatic hydroxyl groups is 1. The zero-order valence-corrected chi connectivity index (χ0v) is 10.0. The quantitative estimate of drug-likeness (QED) is 0.835. The van der Waals surface area contributed by atoms with Crippen LogP contribution in [0.3, 0.4) is 0 Å². The Morgan fingerprint density at radius 1 is 1.41 bits per heavy atom. The van der Waals surface area contributed by atoms with Crippen molar-refractivity contribution >= 4 is 11.6 Å². The Kier molecular flexibility index (Phi) is 3.07. The Hall–Kier alpha value is -1.55. The Morgan fingerprint density at radius 3 is 2.47 bits per heavy atom. The molecule has 0 heterocycles. The average molecular weight is 234 g/mol. The first-order valence-electron chi connectivity index (χ1n) is 5.85. The molecule has 1 aliphatic rings. The third kappa shape index (κ3) is 2.58. The number of anilines is 1. The van der Waals surface area contributed by atoms with Crippen LogP contribution in [-0.2, 0) is 4.79 Å². The fourth-order valence-corrected chi connectivity index (χ4v) is 2.05. The molecule has 1 fully saturated rings. The maximum absolute atomic E-state index is 12.0. The molecule has 0 saturated heterocycles. The largest absolute Gasteiger partial charge is 0.508 e. The number of carbonyl (C=O) groups is 1. The highest BCUT2D eigenvalue weighted by Gasteiger charge is 2.35. The number of phenols is 1. The number of nitrogens with zero attached hydrogens (tertiary/aromatic N) is 1. The monoisotopic (exact) mass is 234 g/mol. The zero-order valence-electron chi connectivity index (χ0n) is 10.0. The summed E-state index contributed by atoms with van der Waals surface area (Å²) in [6.07, 6.45) is 3.38. The van der Waals surface area contributed by atoms with Gasteiger partial charge in [-0.1, -0.05) is 0 Å². The number of hydrogen-bond donors (Lipinski definition) is 2. The highest BCUT2D eigenvalue weighted by Crippen LogP contribution is 2.33. The first-order chi connectivity index (χ1) is 8.00. The SMILES string of the molecule is CN(C(=O)CC1(N)CCC1)c1ccc(O)cc1. The van der Waals surface area contributed by atoms with Crippen molar-refractivity contribution in [1.29, 1.82) is 0 Å². The van der Waals surface area contributed by atoms with Crippen LogP contribution in [0.1, 0.15) is 25.7 Å². The molecule has 0 spiro atoms. The summed E-state index contributed by atoms with van der Waals surface area (Å²) in [5, 5.41) is 9.19. The summed E-state index contributed by atoms with van der Waals surface area (Å²) in [6, 6.07) is 6.58. The van der Waals surface area contributed by atoms with Gasteiger partial charge in [0.1, 0.15) is 5.75 Å². The van der Waals surface area contributed by atoms with Gasteiger partial charge in [-0.05, 0) is 43.5 Å². The Bertz CT molecular complexity index is 410. The highest BCUT2D eigenvalue weighted by atomic mass is 16.3. The second-order valence-electron chi connectivity index (χ2n) is 4.86. The van der Waals surface area contributed by atoms with E-state index in [1.807, 2.05) is 0 Å². The lowest BCUT2D eigenvalue weighted by atomic mass is 9.75. The highest BCUT2D eigenvalue weighted by molar-refractivity contribution is 5.93. The van der Waals surface area contributed by atoms with E-state index in [1.165, 1.54) is 0 Å². The molecule has 0 aromatic heterocycles. The minimum atomic E-state index is -0.289. The maximum atomic E-state index is 12.0. The van der Waals surface area contributed by atoms with Gasteiger partial charge >= 0.3 is 0 Å². The van der Waals surface area contributed by atoms with Crippen LogP contribution in [-0.4, -0.2) is 23.6 Å². The third-order valence-corrected chi connectivity index (χ3v) is 3.46. The van der Waals surface area contributed by atoms with Crippen molar-refractivity contribution in [3.05, 3.63) is 24.3 Å². The van der Waals surface area contributed by atoms with Crippen LogP contribution >= 0.6 is 0 Å². The predicted molar refractivity (Wildman–Crippen MR) is 66.9 cm³/mol. The van der Waals surface area contributed by atoms with Crippen molar-refractivity contribution < 1.29 is 9.90 Å². The van der Waals surface area contributed by atoms with E-state index < -0.39 is 0 Å². The lowest BCUT2D eigenvalue weighted by Gasteiger charge is -2.38. The van der Waals surface area contributed by atoms with Crippen molar-refractivity contribution in [2.45, 2.75) is 31.2 Å². The van der Waals surface area contributed by atoms with Crippen LogP contribution in [0.15, 0.2) is 24.3 Å². The molecule has 1 amide bonds. The molecule has 4 nitrogen and oxygen atoms in total. The van der Waals surface area contributed by atoms with Crippen LogP contribution in [0.4, 0.5) is 5.69 Å². The summed E-state index contributed by atoms with van der Waals surface area (Å²) in [5.74, 6) is 0.224. The molecule has 0 aliphatic heterocycles. The summed E-state index contributed by atoms with van der Waals surface area (Å²) < 4.78 is 0. The lowest BCUT2D eigenvalue weighted by molar-refractivity contribution is -0.120. The molecule has 2 rings (SSSR count). The van der Waals surface area contributed by atoms with Crippen molar-refractivity contribution in [2.75, 3.05) is 11.9 Å². The number of rotatable bonds is 3. The van der Waals surface area contributed by atoms with E-state index >= 15 is 0 Å². The Morgan fingerprint density at radius 2 is 2.00 bits per heavy atom. The number of hydrogen-bond acceptors (Lipinski definition) is 3. The normalized spacial score (nSPS) is 17.3. The predicted octanol–water partition coefficient (Wildman–Crippen LogP) is 1.63. The van der Waals surface area contributed by atoms with Gasteiger partial charge < -0.3 is 15.7 Å². The molecule has 1 saturated carbocycles. The van der Waals surface area contributed by atoms with Crippen LogP contribution in [0.2, 0.25) is 0 Å². The molecule has 4 heteroatoms. The fourth-order valence-electron chi connectivity index (χ4n) is 2.05. The molecule has 1 aliphatic carbocycles. The lowest BCUT2D eigenvalue weighted by Crippen LogP contribution is -2.50. The first kappa shape index (κ1) is 11.9. The van der Waals surface area contributed by atoms with Crippen LogP contribution in [0.5, 0.6) is 5.75 Å². The van der Waals surface area contributed by atoms with Crippen LogP contribution in [0.25, 0.3) is 0 Å². The molecule has 1 aromatic carbocycles. The average Bonchev–Trinajstić information content (AvgIpc) is 2.27. The summed E-state index contributed by atoms with van der Waals surface area (Å²) in [7, 11) is 1.73. The standard InChI is InChI=1S/C13H18N2O2/c1-15(10-3-5-11(16)6-4-10)12(17)9-13(14)7-2-8-13/h3-6,16H,2,7-9,14H2,1H3. The number of nitrogens with two attached hydrogens (primary N) is 1. The number of benzene rings is 1. The van der Waals surface area contributed by atoms with Gasteiger partial charge in [-0.25, -0.2) is 0 Å². The number of phenolic OH excluding ortho intramolecular Hbond substituents is 1. The molecular formula is C13H18N2O2. The molecule has 3 N–H and O–H groups in total. The van der Waals surface area contributed by atoms with Crippen molar-refractivity contribution in [3.63, 3.8) is 0 Å². The van der Waals surface area contributed by atoms with E-state index in [1.54, 1.807) is 36.2 Å². The fraction of sp³-hybridized carbons (Fsp3) is 0.462. The molecule has 0 bridgehead atoms. The van der Waals surface area contributed by atoms with Gasteiger partial charge in [0.2, 0.25) is 5.91 Å². The molecule has 0 unspecified atom stereocenters. The van der Waals surface area contributed by atoms with Gasteiger partial charge in [-0.15, -0.1) is 0 Å². The summed E-state index contributed by atoms with van der Waals surface area (Å²) >= 11 is 0. The van der Waals surface area contributed by atoms with Gasteiger partial charge in [0, 0.05) is 24.7 Å². The summed E-state index contributed by atoms with van der Waals surface area (Å²) in [6.45, 7) is 0. The van der Waals surface area contributed by atoms with E-state index in [4.69, 9.17) is 5.73 Å². The Labute approximate surface area is 101 Å². The van der Waals surface area contributed by atoms with E-state index in [2.05, 4.69) is 0 Å². The minimum absolute atomic E-state index is 0.0258. The second-order valence-corrected chi connectivity index (χ2v) is 4.86. The third-order valence-electron chi connectivity index (χ3n) is 3.46. The molecule has 92 valence electrons. The van der Waals surface area contributed by atoms with Crippen molar-refractivity contribution in [1.82, 2.24) is 0 Å². The number of amides is 1. The second kappa shape index (κ2) is 4.37. The smallest absolute Gasteiger partial charge is 0.228 e. The molecule has 0 atom stereocenters. The summed E-state index contributed by atoms with van der Waals surface area (Å²) in [5.41, 5.74) is 6.54. The molecule has 0 radical (unpaired) electrons. The molecular weight excluding hydrogens is 216 g/mol. The topological polar surface area (TPSA) is 66.6 Å². The van der Waals surface area contributed by atoms with Crippen LogP contribution in [0, 0.1) is 0 Å². The Balaban J connectivity index is 2.01. The van der Waals surface area contributed by atoms with Gasteiger partial charge in [0.15, 0.2) is 0 Å². The van der Waals surface area contributed by atoms with Gasteiger partial charge in [-0.2, -0.15) is 0 Å². The van der Waals surface area contributed by atoms with E-state index in [0.29, 0.717) is 6.42 Å². The zero-order chi connectivity index (χ0) is 12.5. The minimum Gasteiger partial charge on any atom is -0.508 e. The van der Waals surface area contributed by atoms with Crippen molar-refractivity contribution in [3.8, 4) is 5.75 Å². The maximum Gasteiger partial charge on any atom is 0.228 e. The number of carbonyl (C=O) groups excluding carboxylic acids is 1. The summed E-state index contributed by atoms with van der Waals surface area (Å²) in [4.78, 5) is 13.6. The van der Waals surface area contributed by atoms with Crippen LogP contribution < -0.4 is 10.6 Å². The van der Waals surface area contributed by atoms with E-state index in [9.17, 15) is 9.90 Å². The molecule has 17 heavy (non-hydrogen) atoms. The molecule has 1 aromatic rings. The van der Waals surface area contributed by atoms with Crippen molar-refractivity contribution in [2.24, 2.45) is 5.73 Å². The van der Waals surface area contributed by atoms with Gasteiger partial charge in [0.25, 0.3) is 0 Å². The van der Waals surface area contributed by atoms with E-state index in [-0.39, 0.29) is 17.2 Å². The first-order valence-corrected chi connectivity index (χ1v) is 5.85. The van der Waals surface area contributed by atoms with E-state index in [0.717, 1.165) is 24.9 Å². The van der Waals surface area contributed by atoms with Gasteiger partial charge in [0.05, 0.1) is 0 Å². The van der Waals surface area contributed by atoms with Gasteiger partial charge in [-0.3, -0.25) is 4.79 Å².